The minimum absolute atomic E-state index is 0.100. The van der Waals surface area contributed by atoms with Crippen molar-refractivity contribution in [2.75, 3.05) is 6.54 Å². The van der Waals surface area contributed by atoms with E-state index < -0.39 is 23.5 Å². The number of hydrogen-bond acceptors (Lipinski definition) is 4. The van der Waals surface area contributed by atoms with Crippen molar-refractivity contribution in [2.45, 2.75) is 25.3 Å². The molecule has 7 heteroatoms. The van der Waals surface area contributed by atoms with Gasteiger partial charge in [-0.2, -0.15) is 0 Å². The minimum atomic E-state index is -1.04. The van der Waals surface area contributed by atoms with E-state index in [0.29, 0.717) is 18.6 Å². The Balaban J connectivity index is 2.03. The molecule has 0 spiro atoms. The van der Waals surface area contributed by atoms with Crippen LogP contribution >= 0.6 is 0 Å². The van der Waals surface area contributed by atoms with Crippen molar-refractivity contribution in [3.63, 3.8) is 0 Å². The maximum Gasteiger partial charge on any atom is 0.326 e. The molecule has 1 atom stereocenters. The topological polar surface area (TPSA) is 92.0 Å². The normalized spacial score (nSPS) is 18.4. The highest BCUT2D eigenvalue weighted by molar-refractivity contribution is 5.96. The summed E-state index contributed by atoms with van der Waals surface area (Å²) in [5.41, 5.74) is -0.139. The number of fused-ring (bicyclic) bond motifs is 1. The Labute approximate surface area is 125 Å². The van der Waals surface area contributed by atoms with Crippen LogP contribution in [0.4, 0.5) is 0 Å². The number of amides is 1. The first-order valence-corrected chi connectivity index (χ1v) is 7.10. The molecule has 0 radical (unpaired) electrons. The van der Waals surface area contributed by atoms with Crippen LogP contribution in [0.2, 0.25) is 0 Å². The molecule has 0 aliphatic carbocycles. The van der Waals surface area contributed by atoms with Crippen molar-refractivity contribution in [2.24, 2.45) is 0 Å². The van der Waals surface area contributed by atoms with Gasteiger partial charge in [0.15, 0.2) is 0 Å². The van der Waals surface area contributed by atoms with Gasteiger partial charge in [-0.1, -0.05) is 6.07 Å². The SMILES string of the molecule is O=C(O)[C@@H]1CCCCN1C(=O)c1cnc2ccccn2c1=O. The Kier molecular flexibility index (Phi) is 3.62. The summed E-state index contributed by atoms with van der Waals surface area (Å²) >= 11 is 0. The average Bonchev–Trinajstić information content (AvgIpc) is 2.55. The number of carboxylic acids is 1. The lowest BCUT2D eigenvalue weighted by Crippen LogP contribution is -2.49. The van der Waals surface area contributed by atoms with Crippen LogP contribution in [0.1, 0.15) is 29.6 Å². The lowest BCUT2D eigenvalue weighted by atomic mass is 10.0. The van der Waals surface area contributed by atoms with Gasteiger partial charge in [0, 0.05) is 18.9 Å². The van der Waals surface area contributed by atoms with Crippen LogP contribution in [0.15, 0.2) is 35.4 Å². The molecule has 0 saturated carbocycles. The molecule has 1 N–H and O–H groups in total. The minimum Gasteiger partial charge on any atom is -0.480 e. The van der Waals surface area contributed by atoms with Crippen molar-refractivity contribution in [1.82, 2.24) is 14.3 Å². The number of hydrogen-bond donors (Lipinski definition) is 1. The molecule has 114 valence electrons. The molecular weight excluding hydrogens is 286 g/mol. The fourth-order valence-electron chi connectivity index (χ4n) is 2.76. The summed E-state index contributed by atoms with van der Waals surface area (Å²) in [5, 5.41) is 9.25. The predicted molar refractivity (Wildman–Crippen MR) is 77.8 cm³/mol. The van der Waals surface area contributed by atoms with Gasteiger partial charge in [0.2, 0.25) is 0 Å². The third kappa shape index (κ3) is 2.34. The Morgan fingerprint density at radius 2 is 2.09 bits per heavy atom. The Bertz CT molecular complexity index is 799. The summed E-state index contributed by atoms with van der Waals surface area (Å²) < 4.78 is 1.28. The van der Waals surface area contributed by atoms with E-state index in [1.54, 1.807) is 18.2 Å². The van der Waals surface area contributed by atoms with Gasteiger partial charge in [0.05, 0.1) is 0 Å². The number of likely N-dealkylation sites (tertiary alicyclic amines) is 1. The average molecular weight is 301 g/mol. The molecule has 2 aromatic heterocycles. The van der Waals surface area contributed by atoms with Gasteiger partial charge in [-0.3, -0.25) is 14.0 Å². The van der Waals surface area contributed by atoms with Gasteiger partial charge < -0.3 is 10.0 Å². The maximum absolute atomic E-state index is 12.6. The molecule has 3 heterocycles. The molecule has 3 rings (SSSR count). The number of aromatic nitrogens is 2. The molecule has 22 heavy (non-hydrogen) atoms. The molecule has 1 aliphatic rings. The zero-order valence-electron chi connectivity index (χ0n) is 11.8. The number of carbonyl (C=O) groups excluding carboxylic acids is 1. The standard InChI is InChI=1S/C15H15N3O4/c19-13(17-7-3-1-5-11(17)15(21)22)10-9-16-12-6-2-4-8-18(12)14(10)20/h2,4,6,8-9,11H,1,3,5,7H2,(H,21,22)/t11-/m0/s1. The summed E-state index contributed by atoms with van der Waals surface area (Å²) in [6.07, 6.45) is 4.66. The van der Waals surface area contributed by atoms with E-state index in [2.05, 4.69) is 4.98 Å². The number of rotatable bonds is 2. The van der Waals surface area contributed by atoms with Gasteiger partial charge in [-0.25, -0.2) is 9.78 Å². The van der Waals surface area contributed by atoms with Gasteiger partial charge in [0.25, 0.3) is 11.5 Å². The van der Waals surface area contributed by atoms with Crippen molar-refractivity contribution in [3.8, 4) is 0 Å². The number of nitrogens with zero attached hydrogens (tertiary/aromatic N) is 3. The Hall–Kier alpha value is -2.70. The number of carbonyl (C=O) groups is 2. The second kappa shape index (κ2) is 5.59. The Morgan fingerprint density at radius 1 is 1.27 bits per heavy atom. The lowest BCUT2D eigenvalue weighted by Gasteiger charge is -2.32. The third-order valence-electron chi connectivity index (χ3n) is 3.89. The second-order valence-corrected chi connectivity index (χ2v) is 5.25. The first kappa shape index (κ1) is 14.2. The Morgan fingerprint density at radius 3 is 2.86 bits per heavy atom. The zero-order valence-corrected chi connectivity index (χ0v) is 11.8. The summed E-state index contributed by atoms with van der Waals surface area (Å²) in [6, 6.07) is 4.20. The van der Waals surface area contributed by atoms with Crippen molar-refractivity contribution >= 4 is 17.5 Å². The quantitative estimate of drug-likeness (QED) is 0.884. The monoisotopic (exact) mass is 301 g/mol. The van der Waals surface area contributed by atoms with Gasteiger partial charge in [0.1, 0.15) is 17.3 Å². The number of carboxylic acid groups (broad SMARTS) is 1. The van der Waals surface area contributed by atoms with Gasteiger partial charge in [-0.15, -0.1) is 0 Å². The van der Waals surface area contributed by atoms with Crippen molar-refractivity contribution < 1.29 is 14.7 Å². The first-order chi connectivity index (χ1) is 10.6. The van der Waals surface area contributed by atoms with Gasteiger partial charge in [-0.05, 0) is 31.4 Å². The second-order valence-electron chi connectivity index (χ2n) is 5.25. The van der Waals surface area contributed by atoms with E-state index in [9.17, 15) is 19.5 Å². The van der Waals surface area contributed by atoms with E-state index in [1.165, 1.54) is 21.7 Å². The molecule has 1 fully saturated rings. The molecular formula is C15H15N3O4. The number of aliphatic carboxylic acids is 1. The lowest BCUT2D eigenvalue weighted by molar-refractivity contribution is -0.143. The van der Waals surface area contributed by atoms with Crippen LogP contribution in [-0.4, -0.2) is 43.9 Å². The van der Waals surface area contributed by atoms with E-state index in [-0.39, 0.29) is 5.56 Å². The highest BCUT2D eigenvalue weighted by atomic mass is 16.4. The summed E-state index contributed by atoms with van der Waals surface area (Å²) in [4.78, 5) is 41.7. The summed E-state index contributed by atoms with van der Waals surface area (Å²) in [7, 11) is 0. The van der Waals surface area contributed by atoms with Crippen molar-refractivity contribution in [1.29, 1.82) is 0 Å². The van der Waals surface area contributed by atoms with Crippen LogP contribution in [0.3, 0.4) is 0 Å². The van der Waals surface area contributed by atoms with Crippen LogP contribution in [0.25, 0.3) is 5.65 Å². The maximum atomic E-state index is 12.6. The summed E-state index contributed by atoms with van der Waals surface area (Å²) in [5.74, 6) is -1.61. The fraction of sp³-hybridized carbons (Fsp3) is 0.333. The zero-order chi connectivity index (χ0) is 15.7. The largest absolute Gasteiger partial charge is 0.480 e. The van der Waals surface area contributed by atoms with E-state index in [1.807, 2.05) is 0 Å². The molecule has 1 amide bonds. The molecule has 1 aliphatic heterocycles. The highest BCUT2D eigenvalue weighted by Gasteiger charge is 2.33. The fourth-order valence-corrected chi connectivity index (χ4v) is 2.76. The van der Waals surface area contributed by atoms with E-state index in [4.69, 9.17) is 0 Å². The van der Waals surface area contributed by atoms with Crippen LogP contribution in [0.5, 0.6) is 0 Å². The van der Waals surface area contributed by atoms with Crippen LogP contribution in [-0.2, 0) is 4.79 Å². The number of pyridine rings is 1. The third-order valence-corrected chi connectivity index (χ3v) is 3.89. The molecule has 2 aromatic rings. The molecule has 0 bridgehead atoms. The molecule has 7 nitrogen and oxygen atoms in total. The van der Waals surface area contributed by atoms with E-state index in [0.717, 1.165) is 12.8 Å². The number of piperidine rings is 1. The van der Waals surface area contributed by atoms with Gasteiger partial charge >= 0.3 is 5.97 Å². The van der Waals surface area contributed by atoms with E-state index >= 15 is 0 Å². The smallest absolute Gasteiger partial charge is 0.326 e. The molecule has 0 aromatic carbocycles. The summed E-state index contributed by atoms with van der Waals surface area (Å²) in [6.45, 7) is 0.340. The predicted octanol–water partition coefficient (Wildman–Crippen LogP) is 0.774. The highest BCUT2D eigenvalue weighted by Crippen LogP contribution is 2.19. The first-order valence-electron chi connectivity index (χ1n) is 7.10. The molecule has 1 saturated heterocycles. The van der Waals surface area contributed by atoms with Crippen LogP contribution in [0, 0.1) is 0 Å². The molecule has 0 unspecified atom stereocenters. The van der Waals surface area contributed by atoms with Crippen LogP contribution < -0.4 is 5.56 Å². The van der Waals surface area contributed by atoms with Crippen molar-refractivity contribution in [3.05, 3.63) is 46.5 Å².